The van der Waals surface area contributed by atoms with Crippen LogP contribution in [0.25, 0.3) is 0 Å². The summed E-state index contributed by atoms with van der Waals surface area (Å²) in [6, 6.07) is 0. The van der Waals surface area contributed by atoms with Gasteiger partial charge >= 0.3 is 0 Å². The topological polar surface area (TPSA) is 20.2 Å². The molecule has 4 rings (SSSR count). The summed E-state index contributed by atoms with van der Waals surface area (Å²) < 4.78 is 0. The molecule has 1 N–H and O–H groups in total. The molecule has 0 spiro atoms. The van der Waals surface area contributed by atoms with Crippen LogP contribution in [0, 0.1) is 64.1 Å². The van der Waals surface area contributed by atoms with Crippen LogP contribution in [0.15, 0.2) is 11.6 Å². The maximum absolute atomic E-state index is 10.6. The van der Waals surface area contributed by atoms with Crippen molar-refractivity contribution in [2.45, 2.75) is 113 Å². The van der Waals surface area contributed by atoms with Crippen molar-refractivity contribution in [2.24, 2.45) is 64.1 Å². The van der Waals surface area contributed by atoms with Crippen molar-refractivity contribution in [3.8, 4) is 0 Å². The fourth-order valence-corrected chi connectivity index (χ4v) is 9.82. The molecule has 178 valence electrons. The highest BCUT2D eigenvalue weighted by Gasteiger charge is 2.61. The van der Waals surface area contributed by atoms with E-state index in [4.69, 9.17) is 0 Å². The lowest BCUT2D eigenvalue weighted by atomic mass is 9.43. The van der Waals surface area contributed by atoms with Gasteiger partial charge < -0.3 is 5.11 Å². The van der Waals surface area contributed by atoms with Crippen molar-refractivity contribution in [1.29, 1.82) is 0 Å². The Labute approximate surface area is 193 Å². The summed E-state index contributed by atoms with van der Waals surface area (Å²) in [5.41, 5.74) is 2.64. The third-order valence-corrected chi connectivity index (χ3v) is 12.1. The molecule has 0 aliphatic heterocycles. The molecule has 0 heterocycles. The van der Waals surface area contributed by atoms with E-state index in [0.29, 0.717) is 28.6 Å². The summed E-state index contributed by atoms with van der Waals surface area (Å²) in [5, 5.41) is 10.6. The molecule has 31 heavy (non-hydrogen) atoms. The van der Waals surface area contributed by atoms with Crippen LogP contribution in [0.5, 0.6) is 0 Å². The van der Waals surface area contributed by atoms with Gasteiger partial charge in [0.05, 0.1) is 6.10 Å². The van der Waals surface area contributed by atoms with E-state index in [9.17, 15) is 5.11 Å². The largest absolute Gasteiger partial charge is 0.393 e. The molecule has 0 amide bonds. The van der Waals surface area contributed by atoms with Gasteiger partial charge in [0.1, 0.15) is 0 Å². The molecule has 8 unspecified atom stereocenters. The molecule has 4 saturated carbocycles. The molecular formula is C30H52O. The van der Waals surface area contributed by atoms with Crippen LogP contribution in [0.2, 0.25) is 0 Å². The highest BCUT2D eigenvalue weighted by atomic mass is 16.3. The highest BCUT2D eigenvalue weighted by Crippen LogP contribution is 2.68. The number of allylic oxidation sites excluding steroid dienone is 2. The summed E-state index contributed by atoms with van der Waals surface area (Å²) >= 11 is 0. The molecule has 0 bridgehead atoms. The quantitative estimate of drug-likeness (QED) is 0.448. The minimum absolute atomic E-state index is 0.0524. The summed E-state index contributed by atoms with van der Waals surface area (Å²) in [4.78, 5) is 0. The van der Waals surface area contributed by atoms with Gasteiger partial charge in [0.2, 0.25) is 0 Å². The van der Waals surface area contributed by atoms with Crippen molar-refractivity contribution in [1.82, 2.24) is 0 Å². The first-order valence-corrected chi connectivity index (χ1v) is 13.9. The second-order valence-corrected chi connectivity index (χ2v) is 13.6. The minimum Gasteiger partial charge on any atom is -0.393 e. The van der Waals surface area contributed by atoms with Gasteiger partial charge in [-0.25, -0.2) is 0 Å². The average molecular weight is 429 g/mol. The molecule has 0 aromatic heterocycles. The van der Waals surface area contributed by atoms with E-state index < -0.39 is 0 Å². The number of rotatable bonds is 4. The van der Waals surface area contributed by atoms with E-state index in [0.717, 1.165) is 41.9 Å². The van der Waals surface area contributed by atoms with Crippen LogP contribution in [0.4, 0.5) is 0 Å². The highest BCUT2D eigenvalue weighted by molar-refractivity contribution is 5.13. The van der Waals surface area contributed by atoms with Crippen molar-refractivity contribution in [3.05, 3.63) is 11.6 Å². The maximum atomic E-state index is 10.6. The fourth-order valence-electron chi connectivity index (χ4n) is 9.82. The maximum Gasteiger partial charge on any atom is 0.0568 e. The minimum atomic E-state index is -0.0524. The molecule has 4 aliphatic carbocycles. The Kier molecular flexibility index (Phi) is 6.53. The van der Waals surface area contributed by atoms with Gasteiger partial charge in [-0.3, -0.25) is 0 Å². The van der Waals surface area contributed by atoms with Gasteiger partial charge in [-0.15, -0.1) is 0 Å². The van der Waals surface area contributed by atoms with Crippen LogP contribution >= 0.6 is 0 Å². The Morgan fingerprint density at radius 1 is 0.839 bits per heavy atom. The van der Waals surface area contributed by atoms with E-state index in [2.05, 4.69) is 61.5 Å². The molecule has 0 saturated heterocycles. The van der Waals surface area contributed by atoms with Crippen LogP contribution < -0.4 is 0 Å². The normalized spacial score (nSPS) is 49.9. The van der Waals surface area contributed by atoms with Crippen molar-refractivity contribution in [2.75, 3.05) is 0 Å². The molecule has 4 aliphatic rings. The van der Waals surface area contributed by atoms with Crippen LogP contribution in [0.3, 0.4) is 0 Å². The van der Waals surface area contributed by atoms with Crippen LogP contribution in [-0.2, 0) is 0 Å². The van der Waals surface area contributed by atoms with E-state index in [1.807, 2.05) is 0 Å². The number of aliphatic hydroxyl groups excluding tert-OH is 1. The molecule has 0 aromatic carbocycles. The monoisotopic (exact) mass is 428 g/mol. The standard InChI is InChI=1S/C30H52O/c1-18(2)21(5)19(3)17-20(4)24-11-12-26-23-9-10-25-22(6)28(31)14-16-30(25,8)27(23)13-15-29(24,26)7/h17-18,20-28,31H,9-16H2,1-8H3/b19-17+/t20-,21-,22+,23?,24?,25?,26?,27?,28?,29?,30?/m1/s1. The third-order valence-electron chi connectivity index (χ3n) is 12.1. The first kappa shape index (κ1) is 23.8. The van der Waals surface area contributed by atoms with Gasteiger partial charge in [-0.05, 0) is 122 Å². The van der Waals surface area contributed by atoms with Crippen LogP contribution in [0.1, 0.15) is 107 Å². The summed E-state index contributed by atoms with van der Waals surface area (Å²) in [6.07, 6.45) is 13.5. The Bertz CT molecular complexity index is 678. The second-order valence-electron chi connectivity index (χ2n) is 13.6. The first-order valence-electron chi connectivity index (χ1n) is 13.9. The van der Waals surface area contributed by atoms with Crippen molar-refractivity contribution >= 4 is 0 Å². The average Bonchev–Trinajstić information content (AvgIpc) is 3.07. The Morgan fingerprint density at radius 2 is 1.45 bits per heavy atom. The zero-order chi connectivity index (χ0) is 22.7. The predicted octanol–water partition coefficient (Wildman–Crippen LogP) is 8.13. The molecular weight excluding hydrogens is 376 g/mol. The number of fused-ring (bicyclic) bond motifs is 5. The number of hydrogen-bond donors (Lipinski definition) is 1. The Balaban J connectivity index is 1.53. The van der Waals surface area contributed by atoms with E-state index in [1.165, 1.54) is 44.9 Å². The number of hydrogen-bond acceptors (Lipinski definition) is 1. The SMILES string of the molecule is C/C(=C\[C@@H](C)C1CCC2C3CCC4[C@H](C)C(O)CCC4(C)C3CCC21C)[C@H](C)C(C)C. The van der Waals surface area contributed by atoms with Crippen molar-refractivity contribution in [3.63, 3.8) is 0 Å². The lowest BCUT2D eigenvalue weighted by Crippen LogP contribution is -2.56. The lowest BCUT2D eigenvalue weighted by molar-refractivity contribution is -0.148. The van der Waals surface area contributed by atoms with Gasteiger partial charge in [-0.2, -0.15) is 0 Å². The zero-order valence-electron chi connectivity index (χ0n) is 22.0. The third kappa shape index (κ3) is 3.77. The van der Waals surface area contributed by atoms with Crippen molar-refractivity contribution < 1.29 is 5.11 Å². The van der Waals surface area contributed by atoms with Gasteiger partial charge in [-0.1, -0.05) is 60.1 Å². The lowest BCUT2D eigenvalue weighted by Gasteiger charge is -2.62. The summed E-state index contributed by atoms with van der Waals surface area (Å²) in [7, 11) is 0. The smallest absolute Gasteiger partial charge is 0.0568 e. The van der Waals surface area contributed by atoms with Gasteiger partial charge in [0.25, 0.3) is 0 Å². The Morgan fingerprint density at radius 3 is 2.13 bits per heavy atom. The van der Waals surface area contributed by atoms with Gasteiger partial charge in [0.15, 0.2) is 0 Å². The zero-order valence-corrected chi connectivity index (χ0v) is 22.0. The van der Waals surface area contributed by atoms with E-state index in [1.54, 1.807) is 5.57 Å². The Hall–Kier alpha value is -0.300. The van der Waals surface area contributed by atoms with Gasteiger partial charge in [0, 0.05) is 0 Å². The van der Waals surface area contributed by atoms with E-state index >= 15 is 0 Å². The molecule has 4 fully saturated rings. The molecule has 0 radical (unpaired) electrons. The fraction of sp³-hybridized carbons (Fsp3) is 0.933. The molecule has 1 heteroatoms. The summed E-state index contributed by atoms with van der Waals surface area (Å²) in [5.74, 6) is 7.05. The second kappa shape index (κ2) is 8.48. The first-order chi connectivity index (χ1) is 14.5. The molecule has 1 nitrogen and oxygen atoms in total. The van der Waals surface area contributed by atoms with Crippen LogP contribution in [-0.4, -0.2) is 11.2 Å². The number of aliphatic hydroxyl groups is 1. The predicted molar refractivity (Wildman–Crippen MR) is 133 cm³/mol. The molecule has 11 atom stereocenters. The molecule has 0 aromatic rings. The summed E-state index contributed by atoms with van der Waals surface area (Å²) in [6.45, 7) is 19.7. The van der Waals surface area contributed by atoms with E-state index in [-0.39, 0.29) is 6.10 Å².